The first-order valence-corrected chi connectivity index (χ1v) is 11.4. The van der Waals surface area contributed by atoms with Crippen LogP contribution >= 0.6 is 0 Å². The van der Waals surface area contributed by atoms with Crippen LogP contribution in [0, 0.1) is 0 Å². The van der Waals surface area contributed by atoms with E-state index in [1.165, 1.54) is 32.0 Å². The molecule has 0 radical (unpaired) electrons. The largest absolute Gasteiger partial charge is 0.573 e. The van der Waals surface area contributed by atoms with Crippen molar-refractivity contribution in [2.75, 3.05) is 15.5 Å². The number of amides is 2. The van der Waals surface area contributed by atoms with Crippen LogP contribution in [-0.4, -0.2) is 24.2 Å². The highest BCUT2D eigenvalue weighted by molar-refractivity contribution is 5.94. The fourth-order valence-corrected chi connectivity index (χ4v) is 4.63. The van der Waals surface area contributed by atoms with Gasteiger partial charge in [0.2, 0.25) is 11.8 Å². The number of halogens is 3. The summed E-state index contributed by atoms with van der Waals surface area (Å²) < 4.78 is 43.1. The fourth-order valence-electron chi connectivity index (χ4n) is 4.63. The molecule has 1 aliphatic rings. The van der Waals surface area contributed by atoms with Crippen molar-refractivity contribution in [2.24, 2.45) is 0 Å². The first-order valence-electron chi connectivity index (χ1n) is 11.4. The lowest BCUT2D eigenvalue weighted by molar-refractivity contribution is -0.274. The van der Waals surface area contributed by atoms with E-state index in [4.69, 9.17) is 0 Å². The quantitative estimate of drug-likeness (QED) is 0.422. The van der Waals surface area contributed by atoms with Crippen molar-refractivity contribution in [3.8, 4) is 16.9 Å². The first-order chi connectivity index (χ1) is 17.0. The summed E-state index contributed by atoms with van der Waals surface area (Å²) >= 11 is 0. The summed E-state index contributed by atoms with van der Waals surface area (Å²) in [5.41, 5.74) is 3.99. The normalized spacial score (nSPS) is 17.2. The highest BCUT2D eigenvalue weighted by Gasteiger charge is 2.35. The van der Waals surface area contributed by atoms with Crippen molar-refractivity contribution < 1.29 is 27.5 Å². The zero-order chi connectivity index (χ0) is 26.0. The second-order valence-corrected chi connectivity index (χ2v) is 8.75. The maximum atomic E-state index is 13.0. The molecule has 0 aliphatic carbocycles. The smallest absolute Gasteiger partial charge is 0.404 e. The van der Waals surface area contributed by atoms with Crippen LogP contribution in [0.2, 0.25) is 0 Å². The second kappa shape index (κ2) is 9.93. The van der Waals surface area contributed by atoms with Gasteiger partial charge in [0.25, 0.3) is 0 Å². The van der Waals surface area contributed by atoms with Crippen LogP contribution in [0.25, 0.3) is 11.1 Å². The molecule has 4 rings (SSSR count). The minimum absolute atomic E-state index is 0.122. The van der Waals surface area contributed by atoms with Crippen LogP contribution in [0.15, 0.2) is 66.7 Å². The van der Waals surface area contributed by atoms with Gasteiger partial charge in [-0.25, -0.2) is 0 Å². The standard InChI is InChI=1S/C27H26F3N3O3/c1-16-13-24(32-23-9-4-5-10-26(23)36-27(28,29)30)22-15-20(11-12-25(22)33(16)18(3)35)19-7-6-8-21(14-19)31-17(2)34/h4-12,14-16,24,32H,13H2,1-3H3,(H,31,34)/t16-,24+/m0/s1. The topological polar surface area (TPSA) is 70.7 Å². The molecule has 1 aliphatic heterocycles. The number of benzene rings is 3. The van der Waals surface area contributed by atoms with Crippen molar-refractivity contribution in [1.82, 2.24) is 0 Å². The summed E-state index contributed by atoms with van der Waals surface area (Å²) in [7, 11) is 0. The van der Waals surface area contributed by atoms with Crippen molar-refractivity contribution in [3.63, 3.8) is 0 Å². The fraction of sp³-hybridized carbons (Fsp3) is 0.259. The Morgan fingerprint density at radius 3 is 2.39 bits per heavy atom. The molecule has 0 unspecified atom stereocenters. The molecule has 3 aromatic rings. The van der Waals surface area contributed by atoms with Crippen molar-refractivity contribution in [3.05, 3.63) is 72.3 Å². The zero-order valence-electron chi connectivity index (χ0n) is 20.0. The minimum Gasteiger partial charge on any atom is -0.404 e. The number of ether oxygens (including phenoxy) is 1. The van der Waals surface area contributed by atoms with Crippen LogP contribution in [0.3, 0.4) is 0 Å². The lowest BCUT2D eigenvalue weighted by Gasteiger charge is -2.40. The van der Waals surface area contributed by atoms with E-state index in [9.17, 15) is 22.8 Å². The number of hydrogen-bond acceptors (Lipinski definition) is 4. The van der Waals surface area contributed by atoms with E-state index in [-0.39, 0.29) is 35.3 Å². The van der Waals surface area contributed by atoms with Gasteiger partial charge in [-0.1, -0.05) is 30.3 Å². The maximum absolute atomic E-state index is 13.0. The zero-order valence-corrected chi connectivity index (χ0v) is 20.0. The number of nitrogens with zero attached hydrogens (tertiary/aromatic N) is 1. The molecule has 6 nitrogen and oxygen atoms in total. The molecule has 0 bridgehead atoms. The van der Waals surface area contributed by atoms with Crippen molar-refractivity contribution >= 4 is 28.9 Å². The third-order valence-corrected chi connectivity index (χ3v) is 5.98. The minimum atomic E-state index is -4.83. The lowest BCUT2D eigenvalue weighted by Crippen LogP contribution is -2.43. The summed E-state index contributed by atoms with van der Waals surface area (Å²) in [6, 6.07) is 18.3. The van der Waals surface area contributed by atoms with E-state index in [2.05, 4.69) is 15.4 Å². The number of hydrogen-bond donors (Lipinski definition) is 2. The number of carbonyl (C=O) groups excluding carboxylic acids is 2. The van der Waals surface area contributed by atoms with E-state index in [0.29, 0.717) is 17.8 Å². The van der Waals surface area contributed by atoms with Crippen molar-refractivity contribution in [1.29, 1.82) is 0 Å². The third kappa shape index (κ3) is 5.62. The number of nitrogens with one attached hydrogen (secondary N) is 2. The van der Waals surface area contributed by atoms with E-state index in [0.717, 1.165) is 16.7 Å². The molecule has 2 amide bonds. The van der Waals surface area contributed by atoms with Gasteiger partial charge in [0.15, 0.2) is 5.75 Å². The molecule has 3 aromatic carbocycles. The lowest BCUT2D eigenvalue weighted by atomic mass is 9.88. The van der Waals surface area contributed by atoms with Gasteiger partial charge in [0, 0.05) is 31.3 Å². The number of anilines is 3. The molecule has 1 heterocycles. The van der Waals surface area contributed by atoms with Crippen LogP contribution in [0.1, 0.15) is 38.8 Å². The summed E-state index contributed by atoms with van der Waals surface area (Å²) in [4.78, 5) is 25.6. The molecular weight excluding hydrogens is 471 g/mol. The van der Waals surface area contributed by atoms with Crippen LogP contribution < -0.4 is 20.3 Å². The maximum Gasteiger partial charge on any atom is 0.573 e. The van der Waals surface area contributed by atoms with Gasteiger partial charge in [0.1, 0.15) is 0 Å². The van der Waals surface area contributed by atoms with Gasteiger partial charge in [-0.2, -0.15) is 0 Å². The van der Waals surface area contributed by atoms with Crippen LogP contribution in [-0.2, 0) is 9.59 Å². The Labute approximate surface area is 207 Å². The second-order valence-electron chi connectivity index (χ2n) is 8.75. The Hall–Kier alpha value is -4.01. The average molecular weight is 498 g/mol. The number of rotatable bonds is 5. The van der Waals surface area contributed by atoms with Gasteiger partial charge in [0.05, 0.1) is 11.7 Å². The highest BCUT2D eigenvalue weighted by Crippen LogP contribution is 2.43. The summed E-state index contributed by atoms with van der Waals surface area (Å²) in [6.07, 6.45) is -4.35. The van der Waals surface area contributed by atoms with Crippen LogP contribution in [0.4, 0.5) is 30.2 Å². The highest BCUT2D eigenvalue weighted by atomic mass is 19.4. The summed E-state index contributed by atoms with van der Waals surface area (Å²) in [5.74, 6) is -0.636. The van der Waals surface area contributed by atoms with Gasteiger partial charge < -0.3 is 20.3 Å². The van der Waals surface area contributed by atoms with Crippen LogP contribution in [0.5, 0.6) is 5.75 Å². The monoisotopic (exact) mass is 497 g/mol. The van der Waals surface area contributed by atoms with Gasteiger partial charge in [-0.3, -0.25) is 9.59 Å². The SMILES string of the molecule is CC(=O)Nc1cccc(-c2ccc3c(c2)[C@H](Nc2ccccc2OC(F)(F)F)C[C@H](C)N3C(C)=O)c1. The molecule has 0 spiro atoms. The van der Waals surface area contributed by atoms with E-state index >= 15 is 0 Å². The molecule has 36 heavy (non-hydrogen) atoms. The van der Waals surface area contributed by atoms with E-state index in [1.807, 2.05) is 43.3 Å². The van der Waals surface area contributed by atoms with E-state index in [1.54, 1.807) is 17.0 Å². The summed E-state index contributed by atoms with van der Waals surface area (Å²) in [6.45, 7) is 4.83. The molecule has 188 valence electrons. The predicted octanol–water partition coefficient (Wildman–Crippen LogP) is 6.51. The Morgan fingerprint density at radius 2 is 1.69 bits per heavy atom. The van der Waals surface area contributed by atoms with E-state index < -0.39 is 6.36 Å². The molecule has 0 aromatic heterocycles. The number of alkyl halides is 3. The van der Waals surface area contributed by atoms with Crippen molar-refractivity contribution in [2.45, 2.75) is 45.6 Å². The molecule has 0 saturated carbocycles. The average Bonchev–Trinajstić information content (AvgIpc) is 2.78. The molecule has 2 N–H and O–H groups in total. The summed E-state index contributed by atoms with van der Waals surface area (Å²) in [5, 5.41) is 5.98. The Kier molecular flexibility index (Phi) is 6.92. The Bertz CT molecular complexity index is 1290. The number of para-hydroxylation sites is 2. The Balaban J connectivity index is 1.76. The van der Waals surface area contributed by atoms with Gasteiger partial charge in [-0.05, 0) is 66.4 Å². The number of carbonyl (C=O) groups is 2. The predicted molar refractivity (Wildman–Crippen MR) is 133 cm³/mol. The first kappa shape index (κ1) is 25.1. The third-order valence-electron chi connectivity index (χ3n) is 5.98. The van der Waals surface area contributed by atoms with Gasteiger partial charge >= 0.3 is 6.36 Å². The Morgan fingerprint density at radius 1 is 0.972 bits per heavy atom. The molecular formula is C27H26F3N3O3. The number of fused-ring (bicyclic) bond motifs is 1. The van der Waals surface area contributed by atoms with Gasteiger partial charge in [-0.15, -0.1) is 13.2 Å². The molecule has 9 heteroatoms. The molecule has 0 saturated heterocycles. The molecule has 2 atom stereocenters. The molecule has 0 fully saturated rings.